The maximum atomic E-state index is 14.0. The molecule has 2 atom stereocenters. The Morgan fingerprint density at radius 3 is 2.88 bits per heavy atom. The molecule has 26 heavy (non-hydrogen) atoms. The maximum Gasteiger partial charge on any atom is 0.194 e. The maximum absolute atomic E-state index is 14.0. The van der Waals surface area contributed by atoms with Gasteiger partial charge in [0.2, 0.25) is 0 Å². The minimum atomic E-state index is -0.342. The molecule has 1 aromatic carbocycles. The van der Waals surface area contributed by atoms with Gasteiger partial charge in [-0.2, -0.15) is 0 Å². The number of rotatable bonds is 5. The topological polar surface area (TPSA) is 55.3 Å². The molecule has 2 aliphatic heterocycles. The van der Waals surface area contributed by atoms with Crippen LogP contribution in [0.5, 0.6) is 5.75 Å². The van der Waals surface area contributed by atoms with Crippen LogP contribution < -0.4 is 10.1 Å². The van der Waals surface area contributed by atoms with Crippen LogP contribution in [0.15, 0.2) is 23.2 Å². The highest BCUT2D eigenvalue weighted by Gasteiger charge is 2.32. The van der Waals surface area contributed by atoms with Crippen molar-refractivity contribution in [1.29, 1.82) is 0 Å². The SMILES string of the molecule is CCOc1ccc(CNC(=NC)N2CCOC(C3CCCO3)C2)cc1F. The van der Waals surface area contributed by atoms with Crippen LogP contribution in [0.2, 0.25) is 0 Å². The van der Waals surface area contributed by atoms with Crippen molar-refractivity contribution < 1.29 is 18.6 Å². The lowest BCUT2D eigenvalue weighted by Crippen LogP contribution is -2.53. The van der Waals surface area contributed by atoms with Gasteiger partial charge in [0.05, 0.1) is 19.3 Å². The van der Waals surface area contributed by atoms with Gasteiger partial charge in [0, 0.05) is 33.3 Å². The number of hydrogen-bond acceptors (Lipinski definition) is 4. The Kier molecular flexibility index (Phi) is 6.68. The smallest absolute Gasteiger partial charge is 0.194 e. The predicted octanol–water partition coefficient (Wildman–Crippen LogP) is 2.18. The van der Waals surface area contributed by atoms with E-state index in [-0.39, 0.29) is 23.8 Å². The zero-order chi connectivity index (χ0) is 18.4. The molecule has 0 bridgehead atoms. The lowest BCUT2D eigenvalue weighted by atomic mass is 10.1. The van der Waals surface area contributed by atoms with Gasteiger partial charge in [0.15, 0.2) is 17.5 Å². The van der Waals surface area contributed by atoms with Gasteiger partial charge in [-0.05, 0) is 37.5 Å². The van der Waals surface area contributed by atoms with Crippen molar-refractivity contribution in [1.82, 2.24) is 10.2 Å². The van der Waals surface area contributed by atoms with E-state index in [1.807, 2.05) is 13.0 Å². The largest absolute Gasteiger partial charge is 0.491 e. The lowest BCUT2D eigenvalue weighted by Gasteiger charge is -2.37. The van der Waals surface area contributed by atoms with E-state index in [1.54, 1.807) is 13.1 Å². The third kappa shape index (κ3) is 4.65. The number of guanidine groups is 1. The molecule has 0 amide bonds. The molecule has 2 aliphatic rings. The predicted molar refractivity (Wildman–Crippen MR) is 98.1 cm³/mol. The number of nitrogens with zero attached hydrogens (tertiary/aromatic N) is 2. The van der Waals surface area contributed by atoms with Crippen LogP contribution in [-0.2, 0) is 16.0 Å². The molecule has 1 aromatic rings. The quantitative estimate of drug-likeness (QED) is 0.640. The molecule has 7 heteroatoms. The molecule has 2 heterocycles. The molecule has 0 aromatic heterocycles. The van der Waals surface area contributed by atoms with Crippen LogP contribution in [0.4, 0.5) is 4.39 Å². The summed E-state index contributed by atoms with van der Waals surface area (Å²) in [6, 6.07) is 5.03. The molecule has 0 aliphatic carbocycles. The second-order valence-corrected chi connectivity index (χ2v) is 6.51. The third-order valence-corrected chi connectivity index (χ3v) is 4.73. The van der Waals surface area contributed by atoms with E-state index in [4.69, 9.17) is 14.2 Å². The number of benzene rings is 1. The number of halogens is 1. The fraction of sp³-hybridized carbons (Fsp3) is 0.632. The van der Waals surface area contributed by atoms with E-state index in [2.05, 4.69) is 15.2 Å². The number of nitrogens with one attached hydrogen (secondary N) is 1. The van der Waals surface area contributed by atoms with E-state index in [9.17, 15) is 4.39 Å². The summed E-state index contributed by atoms with van der Waals surface area (Å²) < 4.78 is 30.9. The summed E-state index contributed by atoms with van der Waals surface area (Å²) in [4.78, 5) is 6.56. The average molecular weight is 365 g/mol. The summed E-state index contributed by atoms with van der Waals surface area (Å²) in [7, 11) is 1.76. The van der Waals surface area contributed by atoms with E-state index in [0.717, 1.165) is 44.1 Å². The Labute approximate surface area is 154 Å². The highest BCUT2D eigenvalue weighted by Crippen LogP contribution is 2.21. The second kappa shape index (κ2) is 9.19. The molecule has 2 saturated heterocycles. The van der Waals surface area contributed by atoms with Gasteiger partial charge >= 0.3 is 0 Å². The Bertz CT molecular complexity index is 620. The summed E-state index contributed by atoms with van der Waals surface area (Å²) in [6.45, 7) is 5.79. The van der Waals surface area contributed by atoms with Gasteiger partial charge in [-0.1, -0.05) is 6.07 Å². The van der Waals surface area contributed by atoms with Crippen molar-refractivity contribution >= 4 is 5.96 Å². The molecule has 1 N–H and O–H groups in total. The van der Waals surface area contributed by atoms with Crippen LogP contribution in [0.1, 0.15) is 25.3 Å². The minimum absolute atomic E-state index is 0.0766. The van der Waals surface area contributed by atoms with Gasteiger partial charge in [-0.25, -0.2) is 4.39 Å². The standard InChI is InChI=1S/C19H28FN3O3/c1-3-24-16-7-6-14(11-15(16)20)12-22-19(21-2)23-8-10-26-18(13-23)17-5-4-9-25-17/h6-7,11,17-18H,3-5,8-10,12-13H2,1-2H3,(H,21,22). The minimum Gasteiger partial charge on any atom is -0.491 e. The molecule has 6 nitrogen and oxygen atoms in total. The Morgan fingerprint density at radius 1 is 1.35 bits per heavy atom. The monoisotopic (exact) mass is 365 g/mol. The normalized spacial score (nSPS) is 24.0. The van der Waals surface area contributed by atoms with Crippen LogP contribution >= 0.6 is 0 Å². The fourth-order valence-corrected chi connectivity index (χ4v) is 3.43. The first-order valence-electron chi connectivity index (χ1n) is 9.31. The highest BCUT2D eigenvalue weighted by molar-refractivity contribution is 5.80. The number of aliphatic imine (C=N–C) groups is 1. The number of ether oxygens (including phenoxy) is 3. The summed E-state index contributed by atoms with van der Waals surface area (Å²) in [5, 5.41) is 3.32. The molecule has 0 spiro atoms. The van der Waals surface area contributed by atoms with E-state index < -0.39 is 0 Å². The second-order valence-electron chi connectivity index (χ2n) is 6.51. The van der Waals surface area contributed by atoms with Crippen molar-refractivity contribution in [3.8, 4) is 5.75 Å². The van der Waals surface area contributed by atoms with Crippen molar-refractivity contribution in [3.63, 3.8) is 0 Å². The Hall–Kier alpha value is -1.86. The summed E-state index contributed by atoms with van der Waals surface area (Å²) in [5.74, 6) is 0.741. The van der Waals surface area contributed by atoms with Gasteiger partial charge in [0.25, 0.3) is 0 Å². The lowest BCUT2D eigenvalue weighted by molar-refractivity contribution is -0.0817. The summed E-state index contributed by atoms with van der Waals surface area (Å²) in [5.41, 5.74) is 0.844. The molecule has 144 valence electrons. The molecule has 2 fully saturated rings. The number of morpholine rings is 1. The van der Waals surface area contributed by atoms with Gasteiger partial charge in [0.1, 0.15) is 6.10 Å². The summed E-state index contributed by atoms with van der Waals surface area (Å²) in [6.07, 6.45) is 2.40. The number of hydrogen-bond donors (Lipinski definition) is 1. The van der Waals surface area contributed by atoms with E-state index in [1.165, 1.54) is 6.07 Å². The van der Waals surface area contributed by atoms with Crippen molar-refractivity contribution in [3.05, 3.63) is 29.6 Å². The van der Waals surface area contributed by atoms with E-state index in [0.29, 0.717) is 19.8 Å². The zero-order valence-corrected chi connectivity index (χ0v) is 15.5. The van der Waals surface area contributed by atoms with Crippen molar-refractivity contribution in [2.24, 2.45) is 4.99 Å². The molecule has 3 rings (SSSR count). The molecule has 0 saturated carbocycles. The first kappa shape index (κ1) is 18.9. The fourth-order valence-electron chi connectivity index (χ4n) is 3.43. The first-order chi connectivity index (χ1) is 12.7. The van der Waals surface area contributed by atoms with Crippen molar-refractivity contribution in [2.75, 3.05) is 40.0 Å². The molecular formula is C19H28FN3O3. The van der Waals surface area contributed by atoms with Crippen LogP contribution in [0.25, 0.3) is 0 Å². The van der Waals surface area contributed by atoms with Gasteiger partial charge < -0.3 is 24.4 Å². The van der Waals surface area contributed by atoms with Crippen molar-refractivity contribution in [2.45, 2.75) is 38.5 Å². The molecule has 2 unspecified atom stereocenters. The molecular weight excluding hydrogens is 337 g/mol. The summed E-state index contributed by atoms with van der Waals surface area (Å²) >= 11 is 0. The van der Waals surface area contributed by atoms with Gasteiger partial charge in [-0.15, -0.1) is 0 Å². The Balaban J connectivity index is 1.56. The zero-order valence-electron chi connectivity index (χ0n) is 15.5. The average Bonchev–Trinajstić information content (AvgIpc) is 3.19. The Morgan fingerprint density at radius 2 is 2.19 bits per heavy atom. The third-order valence-electron chi connectivity index (χ3n) is 4.73. The van der Waals surface area contributed by atoms with E-state index >= 15 is 0 Å². The highest BCUT2D eigenvalue weighted by atomic mass is 19.1. The first-order valence-corrected chi connectivity index (χ1v) is 9.31. The van der Waals surface area contributed by atoms with Crippen LogP contribution in [0, 0.1) is 5.82 Å². The van der Waals surface area contributed by atoms with Crippen LogP contribution in [-0.4, -0.2) is 63.0 Å². The van der Waals surface area contributed by atoms with Crippen LogP contribution in [0.3, 0.4) is 0 Å². The van der Waals surface area contributed by atoms with Gasteiger partial charge in [-0.3, -0.25) is 4.99 Å². The molecule has 0 radical (unpaired) electrons.